The quantitative estimate of drug-likeness (QED) is 0.171. The molecule has 2 saturated heterocycles. The van der Waals surface area contributed by atoms with Crippen LogP contribution in [-0.2, 0) is 18.3 Å². The van der Waals surface area contributed by atoms with Crippen molar-refractivity contribution in [2.75, 3.05) is 22.9 Å². The number of benzene rings is 2. The van der Waals surface area contributed by atoms with Crippen LogP contribution in [0.2, 0.25) is 0 Å². The number of hydrogen-bond acceptors (Lipinski definition) is 7. The van der Waals surface area contributed by atoms with Gasteiger partial charge in [-0.25, -0.2) is 9.67 Å². The minimum absolute atomic E-state index is 0.201. The molecule has 0 unspecified atom stereocenters. The number of carbonyl (C=O) groups is 1. The lowest BCUT2D eigenvalue weighted by Crippen LogP contribution is -2.37. The molecular formula is C36H34N6O3S2. The van der Waals surface area contributed by atoms with Crippen molar-refractivity contribution in [3.05, 3.63) is 127 Å². The molecule has 9 nitrogen and oxygen atoms in total. The predicted octanol–water partition coefficient (Wildman–Crippen LogP) is 5.67. The highest BCUT2D eigenvalue weighted by Gasteiger charge is 2.38. The van der Waals surface area contributed by atoms with Gasteiger partial charge in [0.05, 0.1) is 21.8 Å². The summed E-state index contributed by atoms with van der Waals surface area (Å²) in [6, 6.07) is 23.6. The molecule has 47 heavy (non-hydrogen) atoms. The van der Waals surface area contributed by atoms with Crippen LogP contribution in [0.25, 0.3) is 17.4 Å². The molecule has 0 aliphatic carbocycles. The molecule has 3 aromatic heterocycles. The summed E-state index contributed by atoms with van der Waals surface area (Å²) < 4.78 is 5.01. The van der Waals surface area contributed by atoms with Crippen molar-refractivity contribution in [3.63, 3.8) is 0 Å². The van der Waals surface area contributed by atoms with E-state index < -0.39 is 5.91 Å². The predicted molar refractivity (Wildman–Crippen MR) is 193 cm³/mol. The van der Waals surface area contributed by atoms with Crippen molar-refractivity contribution in [2.45, 2.75) is 33.1 Å². The van der Waals surface area contributed by atoms with Gasteiger partial charge >= 0.3 is 0 Å². The first-order chi connectivity index (χ1) is 22.7. The van der Waals surface area contributed by atoms with Gasteiger partial charge in [-0.1, -0.05) is 78.6 Å². The summed E-state index contributed by atoms with van der Waals surface area (Å²) in [5.74, 6) is 0.656. The van der Waals surface area contributed by atoms with Crippen LogP contribution >= 0.6 is 24.0 Å². The van der Waals surface area contributed by atoms with Gasteiger partial charge in [0, 0.05) is 26.3 Å². The highest BCUT2D eigenvalue weighted by molar-refractivity contribution is 8.27. The Morgan fingerprint density at radius 2 is 1.60 bits per heavy atom. The summed E-state index contributed by atoms with van der Waals surface area (Å²) in [7, 11) is 1.78. The van der Waals surface area contributed by atoms with Gasteiger partial charge in [-0.2, -0.15) is 0 Å². The van der Waals surface area contributed by atoms with Gasteiger partial charge in [-0.15, -0.1) is 0 Å². The lowest BCUT2D eigenvalue weighted by Gasteiger charge is -2.33. The SMILES string of the molecule is Cc1ccc2nc(N3CCC(Cc4ccccc4)CC3)c(/C=C3/SC(=S)N(c4c(C)n(C)n(-c5ccccc5)c4=O)C3=O)c(=O)n2c1. The number of aromatic nitrogens is 4. The number of pyridine rings is 1. The Hall–Kier alpha value is -4.74. The maximum atomic E-state index is 14.1. The second-order valence-electron chi connectivity index (χ2n) is 12.1. The number of piperidine rings is 1. The van der Waals surface area contributed by atoms with Gasteiger partial charge in [-0.05, 0) is 74.4 Å². The lowest BCUT2D eigenvalue weighted by molar-refractivity contribution is -0.113. The maximum absolute atomic E-state index is 14.1. The number of thiocarbonyl (C=S) groups is 1. The van der Waals surface area contributed by atoms with Crippen LogP contribution in [0.4, 0.5) is 11.5 Å². The van der Waals surface area contributed by atoms with E-state index in [0.29, 0.717) is 34.3 Å². The fraction of sp³-hybridized carbons (Fsp3) is 0.250. The minimum atomic E-state index is -0.438. The first-order valence-corrected chi connectivity index (χ1v) is 16.9. The van der Waals surface area contributed by atoms with Crippen molar-refractivity contribution in [1.82, 2.24) is 18.7 Å². The smallest absolute Gasteiger partial charge is 0.296 e. The third-order valence-corrected chi connectivity index (χ3v) is 10.4. The number of thioether (sulfide) groups is 1. The molecule has 2 aliphatic rings. The van der Waals surface area contributed by atoms with E-state index in [-0.39, 0.29) is 26.0 Å². The molecule has 0 bridgehead atoms. The number of nitrogens with zero attached hydrogens (tertiary/aromatic N) is 6. The fourth-order valence-corrected chi connectivity index (χ4v) is 7.77. The highest BCUT2D eigenvalue weighted by Crippen LogP contribution is 2.37. The Morgan fingerprint density at radius 1 is 0.915 bits per heavy atom. The molecule has 5 heterocycles. The zero-order valence-electron chi connectivity index (χ0n) is 26.4. The summed E-state index contributed by atoms with van der Waals surface area (Å²) in [5.41, 5.74) is 4.00. The van der Waals surface area contributed by atoms with Crippen molar-refractivity contribution >= 4 is 57.4 Å². The fourth-order valence-electron chi connectivity index (χ4n) is 6.51. The average molecular weight is 663 g/mol. The maximum Gasteiger partial charge on any atom is 0.296 e. The molecule has 11 heteroatoms. The second kappa shape index (κ2) is 12.5. The summed E-state index contributed by atoms with van der Waals surface area (Å²) in [6.45, 7) is 5.21. The van der Waals surface area contributed by atoms with E-state index >= 15 is 0 Å². The van der Waals surface area contributed by atoms with Crippen molar-refractivity contribution in [3.8, 4) is 5.69 Å². The number of hydrogen-bond donors (Lipinski definition) is 0. The molecule has 2 aromatic carbocycles. The number of amides is 1. The Morgan fingerprint density at radius 3 is 2.30 bits per heavy atom. The summed E-state index contributed by atoms with van der Waals surface area (Å²) in [4.78, 5) is 50.7. The first kappa shape index (κ1) is 30.9. The van der Waals surface area contributed by atoms with Crippen LogP contribution in [0.5, 0.6) is 0 Å². The molecule has 2 fully saturated rings. The highest BCUT2D eigenvalue weighted by atomic mass is 32.2. The Bertz CT molecular complexity index is 2180. The Balaban J connectivity index is 1.26. The molecule has 238 valence electrons. The van der Waals surface area contributed by atoms with Crippen LogP contribution in [0, 0.1) is 19.8 Å². The normalized spacial score (nSPS) is 16.6. The number of para-hydroxylation sites is 1. The molecule has 0 atom stereocenters. The summed E-state index contributed by atoms with van der Waals surface area (Å²) in [6.07, 6.45) is 6.33. The Kier molecular flexibility index (Phi) is 8.19. The number of aryl methyl sites for hydroxylation is 1. The van der Waals surface area contributed by atoms with Gasteiger partial charge in [-0.3, -0.25) is 28.4 Å². The molecule has 7 rings (SSSR count). The third kappa shape index (κ3) is 5.63. The van der Waals surface area contributed by atoms with Crippen molar-refractivity contribution in [1.29, 1.82) is 0 Å². The van der Waals surface area contributed by atoms with Crippen LogP contribution in [0.3, 0.4) is 0 Å². The van der Waals surface area contributed by atoms with Crippen LogP contribution in [0.15, 0.2) is 93.5 Å². The van der Waals surface area contributed by atoms with E-state index in [1.165, 1.54) is 19.5 Å². The lowest BCUT2D eigenvalue weighted by atomic mass is 9.90. The van der Waals surface area contributed by atoms with Gasteiger partial charge in [0.2, 0.25) is 0 Å². The van der Waals surface area contributed by atoms with Gasteiger partial charge in [0.1, 0.15) is 17.2 Å². The largest absolute Gasteiger partial charge is 0.356 e. The topological polar surface area (TPSA) is 84.8 Å². The molecular weight excluding hydrogens is 629 g/mol. The summed E-state index contributed by atoms with van der Waals surface area (Å²) in [5, 5.41) is 0. The zero-order valence-corrected chi connectivity index (χ0v) is 28.1. The molecule has 0 radical (unpaired) electrons. The number of fused-ring (bicyclic) bond motifs is 1. The van der Waals surface area contributed by atoms with Gasteiger partial charge in [0.15, 0.2) is 4.32 Å². The number of carbonyl (C=O) groups excluding carboxylic acids is 1. The van der Waals surface area contributed by atoms with E-state index in [9.17, 15) is 14.4 Å². The van der Waals surface area contributed by atoms with E-state index in [1.807, 2.05) is 55.5 Å². The minimum Gasteiger partial charge on any atom is -0.356 e. The van der Waals surface area contributed by atoms with Gasteiger partial charge in [0.25, 0.3) is 17.0 Å². The number of anilines is 2. The summed E-state index contributed by atoms with van der Waals surface area (Å²) >= 11 is 6.78. The van der Waals surface area contributed by atoms with Crippen LogP contribution in [0.1, 0.15) is 35.2 Å². The molecule has 2 aliphatic heterocycles. The van der Waals surface area contributed by atoms with Crippen LogP contribution < -0.4 is 20.9 Å². The first-order valence-electron chi connectivity index (χ1n) is 15.6. The molecule has 5 aromatic rings. The standard InChI is InChI=1S/C36H34N6O3S2/c1-23-14-15-30-37-32(39-18-16-26(17-19-39)20-25-10-6-4-7-11-25)28(33(43)40(30)22-23)21-29-34(44)41(36(46)47-29)31-24(2)38(3)42(35(31)45)27-12-8-5-9-13-27/h4-15,21-22,26H,16-20H2,1-3H3/b29-21+. The second-order valence-corrected chi connectivity index (χ2v) is 13.8. The third-order valence-electron chi connectivity index (χ3n) is 9.08. The van der Waals surface area contributed by atoms with Crippen molar-refractivity contribution < 1.29 is 4.79 Å². The van der Waals surface area contributed by atoms with E-state index in [4.69, 9.17) is 17.2 Å². The van der Waals surface area contributed by atoms with Crippen molar-refractivity contribution in [2.24, 2.45) is 13.0 Å². The average Bonchev–Trinajstić information content (AvgIpc) is 3.47. The molecule has 1 amide bonds. The Labute approximate surface area is 281 Å². The monoisotopic (exact) mass is 662 g/mol. The van der Waals surface area contributed by atoms with Gasteiger partial charge < -0.3 is 4.90 Å². The molecule has 0 spiro atoms. The van der Waals surface area contributed by atoms with Crippen LogP contribution in [-0.4, -0.2) is 42.1 Å². The van der Waals surface area contributed by atoms with E-state index in [0.717, 1.165) is 49.7 Å². The molecule has 0 saturated carbocycles. The molecule has 0 N–H and O–H groups in total. The van der Waals surface area contributed by atoms with E-state index in [1.54, 1.807) is 30.9 Å². The zero-order chi connectivity index (χ0) is 32.8. The van der Waals surface area contributed by atoms with E-state index in [2.05, 4.69) is 29.2 Å². The number of rotatable bonds is 6.